The van der Waals surface area contributed by atoms with Crippen LogP contribution >= 0.6 is 0 Å². The van der Waals surface area contributed by atoms with Crippen LogP contribution in [0, 0.1) is 27.7 Å². The van der Waals surface area contributed by atoms with Gasteiger partial charge in [-0.25, -0.2) is 4.79 Å². The summed E-state index contributed by atoms with van der Waals surface area (Å²) >= 11 is 0. The van der Waals surface area contributed by atoms with Crippen LogP contribution in [0.25, 0.3) is 0 Å². The van der Waals surface area contributed by atoms with Crippen LogP contribution in [0.2, 0.25) is 0 Å². The number of nitrogens with one attached hydrogen (secondary N) is 3. The number of carbonyl (C=O) groups is 2. The van der Waals surface area contributed by atoms with Crippen molar-refractivity contribution in [3.8, 4) is 0 Å². The monoisotopic (exact) mass is 387 g/mol. The number of hydrogen-bond acceptors (Lipinski definition) is 2. The maximum absolute atomic E-state index is 12.8. The van der Waals surface area contributed by atoms with Gasteiger partial charge in [0.05, 0.1) is 11.3 Å². The Labute approximate surface area is 171 Å². The highest BCUT2D eigenvalue weighted by molar-refractivity contribution is 6.11. The molecule has 0 aliphatic heterocycles. The highest BCUT2D eigenvalue weighted by Crippen LogP contribution is 2.20. The van der Waals surface area contributed by atoms with Crippen molar-refractivity contribution in [3.63, 3.8) is 0 Å². The van der Waals surface area contributed by atoms with E-state index in [9.17, 15) is 9.59 Å². The zero-order chi connectivity index (χ0) is 21.0. The quantitative estimate of drug-likeness (QED) is 0.528. The predicted molar refractivity (Wildman–Crippen MR) is 119 cm³/mol. The third-order valence-corrected chi connectivity index (χ3v) is 4.95. The molecule has 0 saturated heterocycles. The highest BCUT2D eigenvalue weighted by Gasteiger charge is 2.14. The highest BCUT2D eigenvalue weighted by atomic mass is 16.2. The molecule has 0 atom stereocenters. The fourth-order valence-corrected chi connectivity index (χ4v) is 2.91. The van der Waals surface area contributed by atoms with Gasteiger partial charge >= 0.3 is 6.03 Å². The minimum absolute atomic E-state index is 0.282. The third kappa shape index (κ3) is 5.02. The van der Waals surface area contributed by atoms with Gasteiger partial charge in [0.25, 0.3) is 5.91 Å². The van der Waals surface area contributed by atoms with Gasteiger partial charge in [0.1, 0.15) is 0 Å². The molecular weight excluding hydrogens is 362 g/mol. The van der Waals surface area contributed by atoms with Crippen molar-refractivity contribution in [2.45, 2.75) is 27.7 Å². The van der Waals surface area contributed by atoms with Gasteiger partial charge in [0.2, 0.25) is 0 Å². The van der Waals surface area contributed by atoms with Crippen LogP contribution in [-0.2, 0) is 0 Å². The first-order valence-electron chi connectivity index (χ1n) is 9.46. The summed E-state index contributed by atoms with van der Waals surface area (Å²) in [6.45, 7) is 8.03. The Morgan fingerprint density at radius 3 is 1.76 bits per heavy atom. The Hall–Kier alpha value is -3.60. The van der Waals surface area contributed by atoms with Crippen molar-refractivity contribution in [2.24, 2.45) is 0 Å². The minimum Gasteiger partial charge on any atom is -0.322 e. The van der Waals surface area contributed by atoms with Gasteiger partial charge < -0.3 is 16.0 Å². The molecule has 0 aliphatic rings. The standard InChI is InChI=1S/C24H25N3O2/c1-15-9-11-19(13-17(15)3)25-23(28)21-7-5-6-8-22(21)27-24(29)26-20-12-10-16(2)18(4)14-20/h5-14H,1-4H3,(H,25,28)(H2,26,27,29). The second-order valence-electron chi connectivity index (χ2n) is 7.18. The van der Waals surface area contributed by atoms with Crippen molar-refractivity contribution in [2.75, 3.05) is 16.0 Å². The zero-order valence-corrected chi connectivity index (χ0v) is 17.1. The van der Waals surface area contributed by atoms with E-state index in [1.165, 1.54) is 0 Å². The molecule has 0 heterocycles. The molecule has 3 aromatic rings. The smallest absolute Gasteiger partial charge is 0.322 e. The second-order valence-corrected chi connectivity index (χ2v) is 7.18. The van der Waals surface area contributed by atoms with E-state index in [4.69, 9.17) is 0 Å². The zero-order valence-electron chi connectivity index (χ0n) is 17.1. The number of amides is 3. The van der Waals surface area contributed by atoms with Crippen molar-refractivity contribution in [1.82, 2.24) is 0 Å². The van der Waals surface area contributed by atoms with Crippen molar-refractivity contribution >= 4 is 29.0 Å². The Morgan fingerprint density at radius 2 is 1.17 bits per heavy atom. The SMILES string of the molecule is Cc1ccc(NC(=O)Nc2ccccc2C(=O)Nc2ccc(C)c(C)c2)cc1C. The molecule has 0 aromatic heterocycles. The number of anilines is 3. The van der Waals surface area contributed by atoms with E-state index < -0.39 is 6.03 Å². The molecule has 5 nitrogen and oxygen atoms in total. The summed E-state index contributed by atoms with van der Waals surface area (Å²) in [4.78, 5) is 25.2. The fraction of sp³-hybridized carbons (Fsp3) is 0.167. The van der Waals surface area contributed by atoms with Gasteiger partial charge in [-0.15, -0.1) is 0 Å². The molecule has 0 aliphatic carbocycles. The first-order valence-corrected chi connectivity index (χ1v) is 9.46. The molecule has 148 valence electrons. The summed E-state index contributed by atoms with van der Waals surface area (Å²) < 4.78 is 0. The largest absolute Gasteiger partial charge is 0.323 e. The van der Waals surface area contributed by atoms with Crippen LogP contribution in [0.1, 0.15) is 32.6 Å². The van der Waals surface area contributed by atoms with Gasteiger partial charge in [0.15, 0.2) is 0 Å². The van der Waals surface area contributed by atoms with Crippen LogP contribution in [0.15, 0.2) is 60.7 Å². The molecule has 3 rings (SSSR count). The number of aryl methyl sites for hydroxylation is 4. The van der Waals surface area contributed by atoms with E-state index in [1.807, 2.05) is 64.1 Å². The minimum atomic E-state index is -0.403. The van der Waals surface area contributed by atoms with Crippen molar-refractivity contribution in [1.29, 1.82) is 0 Å². The van der Waals surface area contributed by atoms with Gasteiger partial charge in [-0.1, -0.05) is 24.3 Å². The number of urea groups is 1. The Balaban J connectivity index is 1.73. The number of carbonyl (C=O) groups excluding carboxylic acids is 2. The van der Waals surface area contributed by atoms with Crippen LogP contribution in [0.4, 0.5) is 21.9 Å². The van der Waals surface area contributed by atoms with Gasteiger partial charge in [0, 0.05) is 11.4 Å². The van der Waals surface area contributed by atoms with E-state index in [2.05, 4.69) is 16.0 Å². The summed E-state index contributed by atoms with van der Waals surface area (Å²) in [7, 11) is 0. The van der Waals surface area contributed by atoms with Gasteiger partial charge in [-0.2, -0.15) is 0 Å². The molecular formula is C24H25N3O2. The van der Waals surface area contributed by atoms with Crippen LogP contribution in [0.5, 0.6) is 0 Å². The molecule has 3 N–H and O–H groups in total. The Kier molecular flexibility index (Phi) is 5.98. The predicted octanol–water partition coefficient (Wildman–Crippen LogP) is 5.82. The van der Waals surface area contributed by atoms with Crippen molar-refractivity contribution in [3.05, 3.63) is 88.5 Å². The molecule has 0 radical (unpaired) electrons. The summed E-state index contributed by atoms with van der Waals surface area (Å²) in [5, 5.41) is 8.47. The fourth-order valence-electron chi connectivity index (χ4n) is 2.91. The van der Waals surface area contributed by atoms with E-state index >= 15 is 0 Å². The lowest BCUT2D eigenvalue weighted by atomic mass is 10.1. The number of rotatable bonds is 4. The maximum atomic E-state index is 12.8. The Bertz CT molecular complexity index is 1070. The van der Waals surface area contributed by atoms with Crippen LogP contribution in [0.3, 0.4) is 0 Å². The molecule has 5 heteroatoms. The van der Waals surface area contributed by atoms with Crippen LogP contribution < -0.4 is 16.0 Å². The lowest BCUT2D eigenvalue weighted by Gasteiger charge is -2.13. The molecule has 0 fully saturated rings. The lowest BCUT2D eigenvalue weighted by Crippen LogP contribution is -2.22. The van der Waals surface area contributed by atoms with E-state index in [1.54, 1.807) is 24.3 Å². The summed E-state index contributed by atoms with van der Waals surface area (Å²) in [5.74, 6) is -0.282. The maximum Gasteiger partial charge on any atom is 0.323 e. The molecule has 3 aromatic carbocycles. The van der Waals surface area contributed by atoms with E-state index in [-0.39, 0.29) is 5.91 Å². The average molecular weight is 387 g/mol. The first kappa shape index (κ1) is 20.1. The molecule has 29 heavy (non-hydrogen) atoms. The van der Waals surface area contributed by atoms with E-state index in [0.717, 1.165) is 22.3 Å². The number of para-hydroxylation sites is 1. The van der Waals surface area contributed by atoms with Crippen LogP contribution in [-0.4, -0.2) is 11.9 Å². The van der Waals surface area contributed by atoms with Gasteiger partial charge in [-0.05, 0) is 86.3 Å². The second kappa shape index (κ2) is 8.61. The van der Waals surface area contributed by atoms with E-state index in [0.29, 0.717) is 22.6 Å². The normalized spacial score (nSPS) is 10.3. The molecule has 0 saturated carbocycles. The lowest BCUT2D eigenvalue weighted by molar-refractivity contribution is 0.102. The summed E-state index contributed by atoms with van der Waals surface area (Å²) in [5.41, 5.74) is 6.75. The molecule has 0 bridgehead atoms. The summed E-state index contributed by atoms with van der Waals surface area (Å²) in [6.07, 6.45) is 0. The topological polar surface area (TPSA) is 70.2 Å². The first-order chi connectivity index (χ1) is 13.8. The molecule has 0 unspecified atom stereocenters. The van der Waals surface area contributed by atoms with Gasteiger partial charge in [-0.3, -0.25) is 4.79 Å². The van der Waals surface area contributed by atoms with Crippen molar-refractivity contribution < 1.29 is 9.59 Å². The molecule has 0 spiro atoms. The summed E-state index contributed by atoms with van der Waals surface area (Å²) in [6, 6.07) is 18.0. The Morgan fingerprint density at radius 1 is 0.621 bits per heavy atom. The number of benzene rings is 3. The molecule has 3 amide bonds. The third-order valence-electron chi connectivity index (χ3n) is 4.95. The average Bonchev–Trinajstić information content (AvgIpc) is 2.68. The number of hydrogen-bond donors (Lipinski definition) is 3.